The van der Waals surface area contributed by atoms with E-state index in [1.807, 2.05) is 6.92 Å². The molecule has 0 fully saturated rings. The van der Waals surface area contributed by atoms with Crippen LogP contribution in [0, 0.1) is 0 Å². The van der Waals surface area contributed by atoms with Gasteiger partial charge < -0.3 is 9.64 Å². The Kier molecular flexibility index (Phi) is 5.85. The number of ketones is 1. The number of carbonyl (C=O) groups excluding carboxylic acids is 1. The Labute approximate surface area is 109 Å². The first-order chi connectivity index (χ1) is 8.67. The molecule has 0 spiro atoms. The number of rotatable bonds is 8. The number of carbonyl (C=O) groups is 1. The molecular weight excluding hydrogens is 230 g/mol. The molecule has 1 rings (SSSR count). The molecule has 1 aromatic heterocycles. The highest BCUT2D eigenvalue weighted by Crippen LogP contribution is 2.19. The minimum atomic E-state index is 0.0955. The van der Waals surface area contributed by atoms with Crippen molar-refractivity contribution in [3.05, 3.63) is 11.9 Å². The standard InChI is InChI=1S/C13H23N3O2/c1-5-15(6-2)9-8-11(17)13-12(18-4)10-14-16(13)7-3/h10H,5-9H2,1-4H3. The maximum Gasteiger partial charge on any atom is 0.185 e. The molecule has 0 unspecified atom stereocenters. The van der Waals surface area contributed by atoms with E-state index in [1.165, 1.54) is 0 Å². The largest absolute Gasteiger partial charge is 0.493 e. The smallest absolute Gasteiger partial charge is 0.185 e. The first-order valence-corrected chi connectivity index (χ1v) is 6.53. The van der Waals surface area contributed by atoms with Gasteiger partial charge in [-0.15, -0.1) is 0 Å². The number of aryl methyl sites for hydroxylation is 1. The molecule has 1 aromatic rings. The van der Waals surface area contributed by atoms with Gasteiger partial charge in [0, 0.05) is 19.5 Å². The van der Waals surface area contributed by atoms with Gasteiger partial charge in [0.2, 0.25) is 0 Å². The van der Waals surface area contributed by atoms with Crippen LogP contribution < -0.4 is 4.74 Å². The molecular formula is C13H23N3O2. The van der Waals surface area contributed by atoms with Crippen molar-refractivity contribution in [1.29, 1.82) is 0 Å². The predicted molar refractivity (Wildman–Crippen MR) is 71.2 cm³/mol. The van der Waals surface area contributed by atoms with Crippen LogP contribution in [0.25, 0.3) is 0 Å². The fourth-order valence-corrected chi connectivity index (χ4v) is 1.96. The summed E-state index contributed by atoms with van der Waals surface area (Å²) in [6.07, 6.45) is 2.11. The molecule has 0 radical (unpaired) electrons. The van der Waals surface area contributed by atoms with Crippen molar-refractivity contribution < 1.29 is 9.53 Å². The van der Waals surface area contributed by atoms with Gasteiger partial charge in [0.05, 0.1) is 13.3 Å². The van der Waals surface area contributed by atoms with Crippen LogP contribution in [-0.2, 0) is 6.54 Å². The maximum absolute atomic E-state index is 12.2. The monoisotopic (exact) mass is 253 g/mol. The lowest BCUT2D eigenvalue weighted by Crippen LogP contribution is -2.26. The van der Waals surface area contributed by atoms with E-state index in [2.05, 4.69) is 23.8 Å². The van der Waals surface area contributed by atoms with Gasteiger partial charge in [-0.1, -0.05) is 13.8 Å². The molecule has 0 saturated carbocycles. The predicted octanol–water partition coefficient (Wildman–Crippen LogP) is 1.83. The average molecular weight is 253 g/mol. The second kappa shape index (κ2) is 7.16. The number of hydrogen-bond donors (Lipinski definition) is 0. The molecule has 102 valence electrons. The third-order valence-corrected chi connectivity index (χ3v) is 3.14. The van der Waals surface area contributed by atoms with Gasteiger partial charge in [-0.25, -0.2) is 0 Å². The lowest BCUT2D eigenvalue weighted by atomic mass is 10.2. The van der Waals surface area contributed by atoms with Crippen molar-refractivity contribution >= 4 is 5.78 Å². The van der Waals surface area contributed by atoms with Crippen molar-refractivity contribution in [1.82, 2.24) is 14.7 Å². The zero-order valence-electron chi connectivity index (χ0n) is 11.8. The van der Waals surface area contributed by atoms with E-state index in [0.717, 1.165) is 19.6 Å². The van der Waals surface area contributed by atoms with Crippen LogP contribution in [0.3, 0.4) is 0 Å². The molecule has 0 aliphatic rings. The maximum atomic E-state index is 12.2. The number of methoxy groups -OCH3 is 1. The Bertz CT molecular complexity index is 362. The highest BCUT2D eigenvalue weighted by Gasteiger charge is 2.18. The third kappa shape index (κ3) is 3.32. The Morgan fingerprint density at radius 2 is 2.06 bits per heavy atom. The average Bonchev–Trinajstić information content (AvgIpc) is 2.82. The highest BCUT2D eigenvalue weighted by molar-refractivity contribution is 5.97. The molecule has 5 heteroatoms. The molecule has 0 aromatic carbocycles. The third-order valence-electron chi connectivity index (χ3n) is 3.14. The van der Waals surface area contributed by atoms with Gasteiger partial charge in [-0.3, -0.25) is 9.48 Å². The van der Waals surface area contributed by atoms with E-state index in [0.29, 0.717) is 24.4 Å². The molecule has 0 amide bonds. The molecule has 18 heavy (non-hydrogen) atoms. The van der Waals surface area contributed by atoms with Crippen molar-refractivity contribution in [3.8, 4) is 5.75 Å². The molecule has 5 nitrogen and oxygen atoms in total. The lowest BCUT2D eigenvalue weighted by Gasteiger charge is -2.17. The van der Waals surface area contributed by atoms with Gasteiger partial charge in [0.25, 0.3) is 0 Å². The molecule has 1 heterocycles. The van der Waals surface area contributed by atoms with Crippen LogP contribution in [0.15, 0.2) is 6.20 Å². The van der Waals surface area contributed by atoms with E-state index in [4.69, 9.17) is 4.74 Å². The normalized spacial score (nSPS) is 10.9. The quantitative estimate of drug-likeness (QED) is 0.663. The Hall–Kier alpha value is -1.36. The summed E-state index contributed by atoms with van der Waals surface area (Å²) in [5.41, 5.74) is 0.590. The minimum absolute atomic E-state index is 0.0955. The summed E-state index contributed by atoms with van der Waals surface area (Å²) in [5.74, 6) is 0.666. The molecule has 0 N–H and O–H groups in total. The van der Waals surface area contributed by atoms with Gasteiger partial charge in [0.1, 0.15) is 5.69 Å². The Morgan fingerprint density at radius 3 is 2.56 bits per heavy atom. The van der Waals surface area contributed by atoms with Crippen molar-refractivity contribution in [2.45, 2.75) is 33.7 Å². The van der Waals surface area contributed by atoms with Crippen molar-refractivity contribution in [2.24, 2.45) is 0 Å². The summed E-state index contributed by atoms with van der Waals surface area (Å²) in [5, 5.41) is 4.15. The second-order valence-corrected chi connectivity index (χ2v) is 4.08. The summed E-state index contributed by atoms with van der Waals surface area (Å²) >= 11 is 0. The summed E-state index contributed by atoms with van der Waals surface area (Å²) in [6.45, 7) is 9.56. The first kappa shape index (κ1) is 14.7. The van der Waals surface area contributed by atoms with E-state index in [9.17, 15) is 4.79 Å². The molecule has 0 atom stereocenters. The van der Waals surface area contributed by atoms with E-state index in [1.54, 1.807) is 18.0 Å². The Morgan fingerprint density at radius 1 is 1.39 bits per heavy atom. The van der Waals surface area contributed by atoms with E-state index in [-0.39, 0.29) is 5.78 Å². The lowest BCUT2D eigenvalue weighted by molar-refractivity contribution is 0.0953. The van der Waals surface area contributed by atoms with E-state index < -0.39 is 0 Å². The zero-order valence-corrected chi connectivity index (χ0v) is 11.8. The van der Waals surface area contributed by atoms with Gasteiger partial charge in [0.15, 0.2) is 11.5 Å². The van der Waals surface area contributed by atoms with Crippen LogP contribution in [-0.4, -0.2) is 47.2 Å². The number of ether oxygens (including phenoxy) is 1. The van der Waals surface area contributed by atoms with Gasteiger partial charge in [-0.05, 0) is 20.0 Å². The highest BCUT2D eigenvalue weighted by atomic mass is 16.5. The second-order valence-electron chi connectivity index (χ2n) is 4.08. The SMILES string of the molecule is CCN(CC)CCC(=O)c1c(OC)cnn1CC. The summed E-state index contributed by atoms with van der Waals surface area (Å²) in [7, 11) is 1.57. The van der Waals surface area contributed by atoms with Crippen LogP contribution >= 0.6 is 0 Å². The van der Waals surface area contributed by atoms with E-state index >= 15 is 0 Å². The fourth-order valence-electron chi connectivity index (χ4n) is 1.96. The number of hydrogen-bond acceptors (Lipinski definition) is 4. The number of aromatic nitrogens is 2. The molecule has 0 aliphatic carbocycles. The van der Waals surface area contributed by atoms with Crippen LogP contribution in [0.1, 0.15) is 37.7 Å². The summed E-state index contributed by atoms with van der Waals surface area (Å²) in [4.78, 5) is 14.5. The summed E-state index contributed by atoms with van der Waals surface area (Å²) in [6, 6.07) is 0. The minimum Gasteiger partial charge on any atom is -0.493 e. The molecule has 0 aliphatic heterocycles. The van der Waals surface area contributed by atoms with Crippen molar-refractivity contribution in [2.75, 3.05) is 26.7 Å². The Balaban J connectivity index is 2.74. The van der Waals surface area contributed by atoms with Crippen LogP contribution in [0.4, 0.5) is 0 Å². The number of nitrogens with zero attached hydrogens (tertiary/aromatic N) is 3. The van der Waals surface area contributed by atoms with Gasteiger partial charge >= 0.3 is 0 Å². The molecule has 0 bridgehead atoms. The summed E-state index contributed by atoms with van der Waals surface area (Å²) < 4.78 is 6.89. The molecule has 0 saturated heterocycles. The van der Waals surface area contributed by atoms with Crippen LogP contribution in [0.5, 0.6) is 5.75 Å². The number of Topliss-reactive ketones (excluding diaryl/α,β-unsaturated/α-hetero) is 1. The fraction of sp³-hybridized carbons (Fsp3) is 0.692. The first-order valence-electron chi connectivity index (χ1n) is 6.53. The zero-order chi connectivity index (χ0) is 13.5. The van der Waals surface area contributed by atoms with Gasteiger partial charge in [-0.2, -0.15) is 5.10 Å². The van der Waals surface area contributed by atoms with Crippen LogP contribution in [0.2, 0.25) is 0 Å². The van der Waals surface area contributed by atoms with Crippen molar-refractivity contribution in [3.63, 3.8) is 0 Å². The topological polar surface area (TPSA) is 47.4 Å².